The van der Waals surface area contributed by atoms with Crippen LogP contribution in [0.25, 0.3) is 0 Å². The first-order valence-electron chi connectivity index (χ1n) is 0. The molecule has 41 valence electrons. The molecule has 0 rings (SSSR count). The molecule has 1 radical (unpaired) electrons. The smallest absolute Gasteiger partial charge is 0.870 e. The number of hydrogen-bond donors (Lipinski definition) is 0. The fraction of sp³-hybridized carbons (Fsp3) is 0. The van der Waals surface area contributed by atoms with Crippen LogP contribution in [0.3, 0.4) is 0 Å². The first-order chi connectivity index (χ1) is 0. The summed E-state index contributed by atoms with van der Waals surface area (Å²) in [7, 11) is 0. The Kier molecular flexibility index (Phi) is 63300. The Morgan fingerprint density at radius 1 is 0.333 bits per heavy atom. The van der Waals surface area contributed by atoms with E-state index in [4.69, 9.17) is 0 Å². The number of rotatable bonds is 0. The van der Waals surface area contributed by atoms with E-state index < -0.39 is 0 Å². The molecule has 0 aliphatic carbocycles. The molecule has 0 saturated heterocycles. The van der Waals surface area contributed by atoms with Crippen LogP contribution in [-0.4, -0.2) is 27.4 Å². The maximum atomic E-state index is 0. The van der Waals surface area contributed by atoms with Crippen LogP contribution in [0.1, 0.15) is 0 Å². The zero-order valence-corrected chi connectivity index (χ0v) is 4.65. The summed E-state index contributed by atoms with van der Waals surface area (Å²) in [5, 5.41) is 0. The van der Waals surface area contributed by atoms with Crippen LogP contribution in [0.2, 0.25) is 0 Å². The van der Waals surface area contributed by atoms with Crippen molar-refractivity contribution in [2.24, 2.45) is 0 Å². The normalized spacial score (nSPS) is 0. The van der Waals surface area contributed by atoms with Gasteiger partial charge in [-0.2, -0.15) is 0 Å². The van der Waals surface area contributed by atoms with Gasteiger partial charge in [0, 0.05) is 0 Å². The zero-order valence-electron chi connectivity index (χ0n) is 2.64. The summed E-state index contributed by atoms with van der Waals surface area (Å²) >= 11 is 0. The average molecular weight is 181 g/mol. The maximum absolute atomic E-state index is 0. The fourth-order valence-corrected chi connectivity index (χ4v) is 0. The van der Waals surface area contributed by atoms with Gasteiger partial charge in [0.1, 0.15) is 0 Å². The molecule has 0 fully saturated rings. The first kappa shape index (κ1) is 820. The third-order valence-corrected chi connectivity index (χ3v) is 0. The van der Waals surface area contributed by atoms with E-state index >= 15 is 0 Å². The molecule has 0 unspecified atom stereocenters. The molecule has 0 aliphatic heterocycles. The summed E-state index contributed by atoms with van der Waals surface area (Å²) in [4.78, 5) is 0. The largest absolute Gasteiger partial charge is 5.00 e. The third-order valence-electron chi connectivity index (χ3n) is 0. The van der Waals surface area contributed by atoms with Crippen molar-refractivity contribution in [2.75, 3.05) is 0 Å². The molecule has 0 amide bonds. The van der Waals surface area contributed by atoms with Gasteiger partial charge in [0.25, 0.3) is 0 Å². The van der Waals surface area contributed by atoms with E-state index in [1.54, 1.807) is 0 Å². The molecule has 6 heteroatoms. The van der Waals surface area contributed by atoms with Crippen LogP contribution in [0.15, 0.2) is 0 Å². The molecular weight excluding hydrogens is 176 g/mol. The van der Waals surface area contributed by atoms with Gasteiger partial charge in [-0.25, -0.2) is 0 Å². The number of hydrogen-bond acceptors (Lipinski definition) is 5. The Bertz CT molecular complexity index is 3.90. The molecule has 0 bridgehead atoms. The second-order valence-electron chi connectivity index (χ2n) is 0. The predicted molar refractivity (Wildman–Crippen MR) is 9.68 cm³/mol. The molecule has 0 aromatic heterocycles. The van der Waals surface area contributed by atoms with Crippen molar-refractivity contribution in [2.45, 2.75) is 0 Å². The zero-order chi connectivity index (χ0) is 0. The van der Waals surface area contributed by atoms with Gasteiger partial charge in [-0.1, -0.05) is 0 Å². The Balaban J connectivity index is 0. The molecule has 0 atom stereocenters. The van der Waals surface area contributed by atoms with Crippen LogP contribution in [0, 0.1) is 0 Å². The fourth-order valence-electron chi connectivity index (χ4n) is 0. The van der Waals surface area contributed by atoms with Crippen LogP contribution in [0.4, 0.5) is 0 Å². The summed E-state index contributed by atoms with van der Waals surface area (Å²) < 4.78 is 0. The van der Waals surface area contributed by atoms with Crippen molar-refractivity contribution < 1.29 is 48.4 Å². The minimum atomic E-state index is 0. The summed E-state index contributed by atoms with van der Waals surface area (Å²) in [6.45, 7) is 0. The molecule has 0 saturated carbocycles. The van der Waals surface area contributed by atoms with E-state index in [2.05, 4.69) is 0 Å². The van der Waals surface area contributed by atoms with E-state index in [9.17, 15) is 0 Å². The summed E-state index contributed by atoms with van der Waals surface area (Å²) in [6.07, 6.45) is 0. The minimum absolute atomic E-state index is 0. The first-order valence-corrected chi connectivity index (χ1v) is 0. The Labute approximate surface area is 49.2 Å². The van der Waals surface area contributed by atoms with Gasteiger partial charge in [-0.15, -0.1) is 0 Å². The SMILES string of the molecule is [Mo+5].[OH-].[OH-].[OH-].[OH-].[OH-]. The van der Waals surface area contributed by atoms with Crippen LogP contribution in [0.5, 0.6) is 0 Å². The van der Waals surface area contributed by atoms with Crippen molar-refractivity contribution >= 4 is 0 Å². The molecule has 0 aromatic rings. The Morgan fingerprint density at radius 2 is 0.333 bits per heavy atom. The van der Waals surface area contributed by atoms with E-state index in [0.717, 1.165) is 0 Å². The Hall–Kier alpha value is 0.488. The van der Waals surface area contributed by atoms with Gasteiger partial charge in [0.15, 0.2) is 0 Å². The van der Waals surface area contributed by atoms with Crippen molar-refractivity contribution in [1.82, 2.24) is 0 Å². The molecular formula is H5MoO5. The predicted octanol–water partition coefficient (Wildman–Crippen LogP) is -0.886. The summed E-state index contributed by atoms with van der Waals surface area (Å²) in [5.74, 6) is 0. The van der Waals surface area contributed by atoms with Gasteiger partial charge >= 0.3 is 21.1 Å². The standard InChI is InChI=1S/Mo.5H2O/h;5*1H2/q+5;;;;;/p-5. The second-order valence-corrected chi connectivity index (χ2v) is 0. The van der Waals surface area contributed by atoms with Crippen LogP contribution in [-0.2, 0) is 21.1 Å². The second kappa shape index (κ2) is 464. The van der Waals surface area contributed by atoms with Gasteiger partial charge in [0.2, 0.25) is 0 Å². The van der Waals surface area contributed by atoms with Gasteiger partial charge in [-0.05, 0) is 0 Å². The molecule has 0 aromatic carbocycles. The monoisotopic (exact) mass is 183 g/mol. The van der Waals surface area contributed by atoms with E-state index in [1.165, 1.54) is 0 Å². The molecule has 0 spiro atoms. The van der Waals surface area contributed by atoms with E-state index in [0.29, 0.717) is 0 Å². The van der Waals surface area contributed by atoms with Crippen LogP contribution < -0.4 is 0 Å². The molecule has 0 heterocycles. The van der Waals surface area contributed by atoms with Crippen LogP contribution >= 0.6 is 0 Å². The molecule has 5 N–H and O–H groups in total. The molecule has 5 nitrogen and oxygen atoms in total. The topological polar surface area (TPSA) is 150 Å². The summed E-state index contributed by atoms with van der Waals surface area (Å²) in [5.41, 5.74) is 0. The van der Waals surface area contributed by atoms with Gasteiger partial charge in [-0.3, -0.25) is 0 Å². The van der Waals surface area contributed by atoms with Crippen molar-refractivity contribution in [3.05, 3.63) is 0 Å². The third kappa shape index (κ3) is 229. The minimum Gasteiger partial charge on any atom is -0.870 e. The maximum Gasteiger partial charge on any atom is 5.00 e. The van der Waals surface area contributed by atoms with Gasteiger partial charge in [0.05, 0.1) is 0 Å². The quantitative estimate of drug-likeness (QED) is 0.444. The van der Waals surface area contributed by atoms with Crippen molar-refractivity contribution in [3.63, 3.8) is 0 Å². The van der Waals surface area contributed by atoms with E-state index in [-0.39, 0.29) is 48.4 Å². The van der Waals surface area contributed by atoms with Crippen molar-refractivity contribution in [1.29, 1.82) is 0 Å². The summed E-state index contributed by atoms with van der Waals surface area (Å²) in [6, 6.07) is 0. The Morgan fingerprint density at radius 3 is 0.333 bits per heavy atom. The van der Waals surface area contributed by atoms with Crippen molar-refractivity contribution in [3.8, 4) is 0 Å². The average Bonchev–Trinajstić information content (AvgIpc) is 0. The van der Waals surface area contributed by atoms with Gasteiger partial charge < -0.3 is 27.4 Å². The van der Waals surface area contributed by atoms with E-state index in [1.807, 2.05) is 0 Å². The molecule has 0 aliphatic rings. The molecule has 6 heavy (non-hydrogen) atoms.